The zero-order chi connectivity index (χ0) is 14.6. The van der Waals surface area contributed by atoms with Crippen LogP contribution in [0.3, 0.4) is 0 Å². The number of nitrogens with zero attached hydrogens (tertiary/aromatic N) is 2. The summed E-state index contributed by atoms with van der Waals surface area (Å²) in [6.07, 6.45) is 1.47. The van der Waals surface area contributed by atoms with Gasteiger partial charge in [0.1, 0.15) is 4.90 Å². The predicted octanol–water partition coefficient (Wildman–Crippen LogP) is 1.20. The number of sulfonamides is 1. The number of anilines is 1. The van der Waals surface area contributed by atoms with Gasteiger partial charge >= 0.3 is 0 Å². The molecule has 108 valence electrons. The van der Waals surface area contributed by atoms with Crippen LogP contribution in [0.4, 0.5) is 5.82 Å². The smallest absolute Gasteiger partial charge is 0.246 e. The standard InChI is InChI=1S/C12H22N4O2S/c1-6-16-7-8(9(13)14-16)19(17,18)15-10-11(2,3)12(10,4)5/h7,10,15H,6H2,1-5H3,(H2,13,14). The van der Waals surface area contributed by atoms with E-state index in [1.807, 2.05) is 6.92 Å². The van der Waals surface area contributed by atoms with Gasteiger partial charge in [-0.3, -0.25) is 4.68 Å². The summed E-state index contributed by atoms with van der Waals surface area (Å²) in [6.45, 7) is 10.7. The average molecular weight is 286 g/mol. The largest absolute Gasteiger partial charge is 0.381 e. The van der Waals surface area contributed by atoms with Crippen LogP contribution in [0.2, 0.25) is 0 Å². The molecule has 0 saturated heterocycles. The van der Waals surface area contributed by atoms with Gasteiger partial charge in [-0.25, -0.2) is 13.1 Å². The topological polar surface area (TPSA) is 90.0 Å². The van der Waals surface area contributed by atoms with Crippen molar-refractivity contribution in [2.24, 2.45) is 10.8 Å². The van der Waals surface area contributed by atoms with E-state index in [9.17, 15) is 8.42 Å². The summed E-state index contributed by atoms with van der Waals surface area (Å²) >= 11 is 0. The quantitative estimate of drug-likeness (QED) is 0.870. The van der Waals surface area contributed by atoms with E-state index in [0.29, 0.717) is 6.54 Å². The van der Waals surface area contributed by atoms with E-state index < -0.39 is 10.0 Å². The third kappa shape index (κ3) is 2.04. The zero-order valence-corrected chi connectivity index (χ0v) is 12.9. The van der Waals surface area contributed by atoms with Crippen molar-refractivity contribution in [3.63, 3.8) is 0 Å². The second-order valence-electron chi connectivity index (χ2n) is 6.23. The van der Waals surface area contributed by atoms with Gasteiger partial charge in [-0.15, -0.1) is 0 Å². The van der Waals surface area contributed by atoms with Crippen LogP contribution in [0.1, 0.15) is 34.6 Å². The molecule has 2 rings (SSSR count). The highest BCUT2D eigenvalue weighted by molar-refractivity contribution is 7.89. The first-order valence-corrected chi connectivity index (χ1v) is 7.87. The maximum Gasteiger partial charge on any atom is 0.246 e. The first-order chi connectivity index (χ1) is 8.54. The summed E-state index contributed by atoms with van der Waals surface area (Å²) in [6, 6.07) is -0.0885. The molecule has 0 aliphatic heterocycles. The van der Waals surface area contributed by atoms with Crippen molar-refractivity contribution in [3.05, 3.63) is 6.20 Å². The summed E-state index contributed by atoms with van der Waals surface area (Å²) in [4.78, 5) is 0.0628. The van der Waals surface area contributed by atoms with Gasteiger partial charge in [-0.05, 0) is 17.8 Å². The Morgan fingerprint density at radius 2 is 1.89 bits per heavy atom. The van der Waals surface area contributed by atoms with E-state index in [-0.39, 0.29) is 27.6 Å². The second kappa shape index (κ2) is 3.96. The highest BCUT2D eigenvalue weighted by atomic mass is 32.2. The van der Waals surface area contributed by atoms with E-state index in [1.165, 1.54) is 10.9 Å². The first kappa shape index (κ1) is 14.3. The monoisotopic (exact) mass is 286 g/mol. The zero-order valence-electron chi connectivity index (χ0n) is 12.1. The molecule has 19 heavy (non-hydrogen) atoms. The lowest BCUT2D eigenvalue weighted by Gasteiger charge is -2.06. The van der Waals surface area contributed by atoms with E-state index in [0.717, 1.165) is 0 Å². The van der Waals surface area contributed by atoms with Crippen molar-refractivity contribution in [1.82, 2.24) is 14.5 Å². The van der Waals surface area contributed by atoms with Crippen molar-refractivity contribution in [1.29, 1.82) is 0 Å². The van der Waals surface area contributed by atoms with E-state index in [4.69, 9.17) is 5.73 Å². The molecule has 7 heteroatoms. The predicted molar refractivity (Wildman–Crippen MR) is 74.0 cm³/mol. The number of nitrogens with one attached hydrogen (secondary N) is 1. The minimum atomic E-state index is -3.62. The van der Waals surface area contributed by atoms with Gasteiger partial charge in [-0.1, -0.05) is 27.7 Å². The molecule has 1 saturated carbocycles. The minimum absolute atomic E-state index is 0.0469. The number of nitrogen functional groups attached to an aromatic ring is 1. The lowest BCUT2D eigenvalue weighted by molar-refractivity contribution is 0.457. The number of nitrogens with two attached hydrogens (primary N) is 1. The highest BCUT2D eigenvalue weighted by Gasteiger charge is 2.66. The Kier molecular flexibility index (Phi) is 2.98. The van der Waals surface area contributed by atoms with Crippen LogP contribution in [0, 0.1) is 10.8 Å². The van der Waals surface area contributed by atoms with Gasteiger partial charge in [0.05, 0.1) is 0 Å². The Balaban J connectivity index is 2.27. The van der Waals surface area contributed by atoms with Crippen molar-refractivity contribution < 1.29 is 8.42 Å². The Bertz CT molecular complexity index is 587. The number of rotatable bonds is 4. The van der Waals surface area contributed by atoms with Crippen molar-refractivity contribution in [2.75, 3.05) is 5.73 Å². The molecule has 1 aromatic rings. The van der Waals surface area contributed by atoms with Crippen LogP contribution < -0.4 is 10.5 Å². The van der Waals surface area contributed by atoms with Crippen molar-refractivity contribution >= 4 is 15.8 Å². The molecular formula is C12H22N4O2S. The van der Waals surface area contributed by atoms with E-state index >= 15 is 0 Å². The molecule has 1 aliphatic carbocycles. The summed E-state index contributed by atoms with van der Waals surface area (Å²) < 4.78 is 29.0. The lowest BCUT2D eigenvalue weighted by atomic mass is 10.0. The molecule has 0 amide bonds. The van der Waals surface area contributed by atoms with E-state index in [2.05, 4.69) is 37.5 Å². The highest BCUT2D eigenvalue weighted by Crippen LogP contribution is 2.62. The Labute approximate surface area is 114 Å². The van der Waals surface area contributed by atoms with Gasteiger partial charge < -0.3 is 5.73 Å². The molecule has 0 unspecified atom stereocenters. The molecule has 1 aromatic heterocycles. The molecular weight excluding hydrogens is 264 g/mol. The molecule has 0 bridgehead atoms. The molecule has 1 aliphatic rings. The average Bonchev–Trinajstić information content (AvgIpc) is 2.66. The Morgan fingerprint density at radius 3 is 2.26 bits per heavy atom. The lowest BCUT2D eigenvalue weighted by Crippen LogP contribution is -2.30. The van der Waals surface area contributed by atoms with Crippen LogP contribution >= 0.6 is 0 Å². The van der Waals surface area contributed by atoms with Gasteiger partial charge in [0, 0.05) is 18.8 Å². The van der Waals surface area contributed by atoms with Gasteiger partial charge in [0.2, 0.25) is 10.0 Å². The summed E-state index contributed by atoms with van der Waals surface area (Å²) in [7, 11) is -3.62. The fraction of sp³-hybridized carbons (Fsp3) is 0.750. The van der Waals surface area contributed by atoms with Crippen LogP contribution in [0.5, 0.6) is 0 Å². The minimum Gasteiger partial charge on any atom is -0.381 e. The van der Waals surface area contributed by atoms with Crippen LogP contribution in [0.15, 0.2) is 11.1 Å². The molecule has 1 fully saturated rings. The number of hydrogen-bond donors (Lipinski definition) is 2. The fourth-order valence-electron chi connectivity index (χ4n) is 2.50. The SMILES string of the molecule is CCn1cc(S(=O)(=O)NC2C(C)(C)C2(C)C)c(N)n1. The van der Waals surface area contributed by atoms with Crippen LogP contribution in [0.25, 0.3) is 0 Å². The molecule has 6 nitrogen and oxygen atoms in total. The Morgan fingerprint density at radius 1 is 1.37 bits per heavy atom. The molecule has 1 heterocycles. The molecule has 0 aromatic carbocycles. The van der Waals surface area contributed by atoms with E-state index in [1.54, 1.807) is 0 Å². The summed E-state index contributed by atoms with van der Waals surface area (Å²) in [5.41, 5.74) is 5.56. The fourth-order valence-corrected chi connectivity index (χ4v) is 4.10. The first-order valence-electron chi connectivity index (χ1n) is 6.39. The van der Waals surface area contributed by atoms with Crippen molar-refractivity contribution in [2.45, 2.75) is 52.1 Å². The number of hydrogen-bond acceptors (Lipinski definition) is 4. The summed E-state index contributed by atoms with van der Waals surface area (Å²) in [5.74, 6) is 0.0469. The second-order valence-corrected chi connectivity index (χ2v) is 7.91. The van der Waals surface area contributed by atoms with Crippen LogP contribution in [-0.2, 0) is 16.6 Å². The summed E-state index contributed by atoms with van der Waals surface area (Å²) in [5, 5.41) is 3.97. The third-order valence-electron chi connectivity index (χ3n) is 4.66. The number of aromatic nitrogens is 2. The molecule has 0 atom stereocenters. The maximum atomic E-state index is 12.4. The molecule has 0 spiro atoms. The Hall–Kier alpha value is -1.08. The van der Waals surface area contributed by atoms with Crippen LogP contribution in [-0.4, -0.2) is 24.2 Å². The maximum absolute atomic E-state index is 12.4. The van der Waals surface area contributed by atoms with Gasteiger partial charge in [-0.2, -0.15) is 5.10 Å². The third-order valence-corrected chi connectivity index (χ3v) is 6.10. The van der Waals surface area contributed by atoms with Gasteiger partial charge in [0.15, 0.2) is 5.82 Å². The normalized spacial score (nSPS) is 21.5. The number of aryl methyl sites for hydroxylation is 1. The molecule has 3 N–H and O–H groups in total. The molecule has 0 radical (unpaired) electrons. The van der Waals surface area contributed by atoms with Crippen molar-refractivity contribution in [3.8, 4) is 0 Å². The van der Waals surface area contributed by atoms with Gasteiger partial charge in [0.25, 0.3) is 0 Å².